The van der Waals surface area contributed by atoms with Crippen LogP contribution in [0.1, 0.15) is 36.8 Å². The van der Waals surface area contributed by atoms with Gasteiger partial charge in [0.25, 0.3) is 0 Å². The first kappa shape index (κ1) is 18.1. The van der Waals surface area contributed by atoms with E-state index in [2.05, 4.69) is 15.2 Å². The SMILES string of the molecule is Cc1cc([C@H]2CCCN2C(=O)CCNC(=O)OCC(F)(F)F)on1. The Morgan fingerprint density at radius 1 is 1.50 bits per heavy atom. The monoisotopic (exact) mass is 349 g/mol. The highest BCUT2D eigenvalue weighted by Crippen LogP contribution is 2.32. The molecule has 1 saturated heterocycles. The zero-order chi connectivity index (χ0) is 17.7. The number of carbonyl (C=O) groups is 2. The van der Waals surface area contributed by atoms with Crippen LogP contribution in [0.5, 0.6) is 0 Å². The predicted molar refractivity (Wildman–Crippen MR) is 75.0 cm³/mol. The minimum Gasteiger partial charge on any atom is -0.440 e. The van der Waals surface area contributed by atoms with Crippen molar-refractivity contribution in [2.24, 2.45) is 0 Å². The molecule has 1 N–H and O–H groups in total. The predicted octanol–water partition coefficient (Wildman–Crippen LogP) is 2.33. The van der Waals surface area contributed by atoms with Gasteiger partial charge < -0.3 is 19.5 Å². The van der Waals surface area contributed by atoms with Crippen LogP contribution in [0.3, 0.4) is 0 Å². The second-order valence-electron chi connectivity index (χ2n) is 5.48. The van der Waals surface area contributed by atoms with Crippen molar-refractivity contribution in [1.29, 1.82) is 0 Å². The van der Waals surface area contributed by atoms with Crippen LogP contribution in [0.4, 0.5) is 18.0 Å². The summed E-state index contributed by atoms with van der Waals surface area (Å²) in [7, 11) is 0. The first-order valence-electron chi connectivity index (χ1n) is 7.46. The lowest BCUT2D eigenvalue weighted by molar-refractivity contribution is -0.160. The van der Waals surface area contributed by atoms with Crippen LogP contribution in [-0.4, -0.2) is 47.9 Å². The normalized spacial score (nSPS) is 17.8. The highest BCUT2D eigenvalue weighted by Gasteiger charge is 2.32. The first-order chi connectivity index (χ1) is 11.3. The number of aryl methyl sites for hydroxylation is 1. The van der Waals surface area contributed by atoms with Gasteiger partial charge in [-0.2, -0.15) is 13.2 Å². The Balaban J connectivity index is 1.77. The number of likely N-dealkylation sites (tertiary alicyclic amines) is 1. The van der Waals surface area contributed by atoms with E-state index in [1.165, 1.54) is 0 Å². The Morgan fingerprint density at radius 3 is 2.88 bits per heavy atom. The number of rotatable bonds is 5. The van der Waals surface area contributed by atoms with Crippen LogP contribution in [0.2, 0.25) is 0 Å². The smallest absolute Gasteiger partial charge is 0.422 e. The zero-order valence-corrected chi connectivity index (χ0v) is 13.1. The number of amides is 2. The molecule has 0 radical (unpaired) electrons. The molecular formula is C14H18F3N3O4. The fraction of sp³-hybridized carbons (Fsp3) is 0.643. The largest absolute Gasteiger partial charge is 0.440 e. The van der Waals surface area contributed by atoms with E-state index in [-0.39, 0.29) is 24.9 Å². The molecule has 0 bridgehead atoms. The summed E-state index contributed by atoms with van der Waals surface area (Å²) in [6, 6.07) is 1.57. The highest BCUT2D eigenvalue weighted by atomic mass is 19.4. The average molecular weight is 349 g/mol. The van der Waals surface area contributed by atoms with E-state index in [0.29, 0.717) is 12.3 Å². The summed E-state index contributed by atoms with van der Waals surface area (Å²) in [5, 5.41) is 5.93. The van der Waals surface area contributed by atoms with Gasteiger partial charge in [0.2, 0.25) is 5.91 Å². The van der Waals surface area contributed by atoms with E-state index < -0.39 is 18.9 Å². The third kappa shape index (κ3) is 5.14. The number of nitrogens with one attached hydrogen (secondary N) is 1. The first-order valence-corrected chi connectivity index (χ1v) is 7.46. The molecule has 0 aromatic carbocycles. The zero-order valence-electron chi connectivity index (χ0n) is 13.1. The van der Waals surface area contributed by atoms with Gasteiger partial charge in [-0.3, -0.25) is 4.79 Å². The third-order valence-corrected chi connectivity index (χ3v) is 3.52. The van der Waals surface area contributed by atoms with Crippen molar-refractivity contribution in [1.82, 2.24) is 15.4 Å². The minimum absolute atomic E-state index is 0.0370. The van der Waals surface area contributed by atoms with Crippen LogP contribution in [0, 0.1) is 6.92 Å². The van der Waals surface area contributed by atoms with Gasteiger partial charge in [-0.25, -0.2) is 4.79 Å². The topological polar surface area (TPSA) is 84.7 Å². The van der Waals surface area contributed by atoms with Crippen molar-refractivity contribution in [2.45, 2.75) is 38.4 Å². The fourth-order valence-corrected chi connectivity index (χ4v) is 2.51. The maximum Gasteiger partial charge on any atom is 0.422 e. The summed E-state index contributed by atoms with van der Waals surface area (Å²) in [5.41, 5.74) is 0.721. The maximum atomic E-state index is 12.2. The summed E-state index contributed by atoms with van der Waals surface area (Å²) in [6.45, 7) is 0.576. The molecule has 1 fully saturated rings. The summed E-state index contributed by atoms with van der Waals surface area (Å²) in [6.07, 6.45) is -4.25. The van der Waals surface area contributed by atoms with Crippen LogP contribution in [0.15, 0.2) is 10.6 Å². The molecule has 0 saturated carbocycles. The van der Waals surface area contributed by atoms with Crippen LogP contribution >= 0.6 is 0 Å². The van der Waals surface area contributed by atoms with Crippen molar-refractivity contribution in [3.05, 3.63) is 17.5 Å². The van der Waals surface area contributed by atoms with Crippen LogP contribution in [-0.2, 0) is 9.53 Å². The van der Waals surface area contributed by atoms with Crippen molar-refractivity contribution in [3.63, 3.8) is 0 Å². The molecule has 0 unspecified atom stereocenters. The van der Waals surface area contributed by atoms with Gasteiger partial charge in [0, 0.05) is 25.6 Å². The molecule has 1 aromatic heterocycles. The number of alkyl halides is 3. The number of halogens is 3. The molecule has 2 rings (SSSR count). The van der Waals surface area contributed by atoms with Gasteiger partial charge in [0.05, 0.1) is 11.7 Å². The molecule has 0 spiro atoms. The Hall–Kier alpha value is -2.26. The lowest BCUT2D eigenvalue weighted by Crippen LogP contribution is -2.35. The maximum absolute atomic E-state index is 12.2. The van der Waals surface area contributed by atoms with E-state index in [1.807, 2.05) is 0 Å². The summed E-state index contributed by atoms with van der Waals surface area (Å²) >= 11 is 0. The number of alkyl carbamates (subject to hydrolysis) is 1. The number of hydrogen-bond donors (Lipinski definition) is 1. The third-order valence-electron chi connectivity index (χ3n) is 3.52. The Bertz CT molecular complexity index is 588. The van der Waals surface area contributed by atoms with Crippen LogP contribution < -0.4 is 5.32 Å². The van der Waals surface area contributed by atoms with Gasteiger partial charge >= 0.3 is 12.3 Å². The lowest BCUT2D eigenvalue weighted by Gasteiger charge is -2.22. The van der Waals surface area contributed by atoms with Gasteiger partial charge in [0.15, 0.2) is 12.4 Å². The number of carbonyl (C=O) groups excluding carboxylic acids is 2. The van der Waals surface area contributed by atoms with Gasteiger partial charge in [-0.1, -0.05) is 5.16 Å². The molecule has 1 aliphatic rings. The van der Waals surface area contributed by atoms with Gasteiger partial charge in [-0.15, -0.1) is 0 Å². The van der Waals surface area contributed by atoms with Crippen molar-refractivity contribution in [2.75, 3.05) is 19.7 Å². The summed E-state index contributed by atoms with van der Waals surface area (Å²) < 4.78 is 44.9. The number of aromatic nitrogens is 1. The molecule has 1 aromatic rings. The lowest BCUT2D eigenvalue weighted by atomic mass is 10.1. The second-order valence-corrected chi connectivity index (χ2v) is 5.48. The molecule has 10 heteroatoms. The Kier molecular flexibility index (Phi) is 5.68. The standard InChI is InChI=1S/C14H18F3N3O4/c1-9-7-11(24-19-9)10-3-2-6-20(10)12(21)4-5-18-13(22)23-8-14(15,16)17/h7,10H,2-6,8H2,1H3,(H,18,22)/t10-/m1/s1. The molecule has 2 heterocycles. The number of hydrogen-bond acceptors (Lipinski definition) is 5. The quantitative estimate of drug-likeness (QED) is 0.882. The fourth-order valence-electron chi connectivity index (χ4n) is 2.51. The Morgan fingerprint density at radius 2 is 2.25 bits per heavy atom. The number of ether oxygens (including phenoxy) is 1. The van der Waals surface area contributed by atoms with E-state index in [0.717, 1.165) is 18.5 Å². The van der Waals surface area contributed by atoms with E-state index in [9.17, 15) is 22.8 Å². The van der Waals surface area contributed by atoms with Crippen molar-refractivity contribution < 1.29 is 32.0 Å². The Labute approximate surface area is 136 Å². The minimum atomic E-state index is -4.58. The van der Waals surface area contributed by atoms with Crippen LogP contribution in [0.25, 0.3) is 0 Å². The van der Waals surface area contributed by atoms with Crippen molar-refractivity contribution >= 4 is 12.0 Å². The summed E-state index contributed by atoms with van der Waals surface area (Å²) in [5.74, 6) is 0.388. The molecule has 7 nitrogen and oxygen atoms in total. The van der Waals surface area contributed by atoms with E-state index in [4.69, 9.17) is 4.52 Å². The number of nitrogens with zero attached hydrogens (tertiary/aromatic N) is 2. The summed E-state index contributed by atoms with van der Waals surface area (Å²) in [4.78, 5) is 25.0. The molecule has 134 valence electrons. The second kappa shape index (κ2) is 7.54. The molecular weight excluding hydrogens is 331 g/mol. The van der Waals surface area contributed by atoms with Gasteiger partial charge in [-0.05, 0) is 19.8 Å². The molecule has 2 amide bonds. The van der Waals surface area contributed by atoms with Crippen molar-refractivity contribution in [3.8, 4) is 0 Å². The molecule has 1 atom stereocenters. The van der Waals surface area contributed by atoms with E-state index in [1.54, 1.807) is 17.9 Å². The van der Waals surface area contributed by atoms with Gasteiger partial charge in [0.1, 0.15) is 0 Å². The molecule has 0 aliphatic carbocycles. The molecule has 1 aliphatic heterocycles. The van der Waals surface area contributed by atoms with E-state index >= 15 is 0 Å². The highest BCUT2D eigenvalue weighted by molar-refractivity contribution is 5.78. The average Bonchev–Trinajstić information content (AvgIpc) is 3.12. The molecule has 24 heavy (non-hydrogen) atoms.